The number of halogens is 2. The third-order valence-electron chi connectivity index (χ3n) is 4.33. The van der Waals surface area contributed by atoms with Gasteiger partial charge in [0, 0.05) is 18.9 Å². The number of nitrogens with zero attached hydrogens (tertiary/aromatic N) is 4. The standard InChI is InChI=1S/C20H14Cl2N4O2/c21-16-7-6-13(10-17(16)22)11-25-9-3-5-15-18(25)24-20(28)26(19(15)27)12-14-4-1-2-8-23-14/h1-10H,11-12H2. The van der Waals surface area contributed by atoms with Gasteiger partial charge in [-0.15, -0.1) is 0 Å². The number of fused-ring (bicyclic) bond motifs is 1. The van der Waals surface area contributed by atoms with E-state index in [1.165, 1.54) is 0 Å². The second-order valence-corrected chi connectivity index (χ2v) is 7.04. The maximum atomic E-state index is 12.9. The van der Waals surface area contributed by atoms with Crippen molar-refractivity contribution in [3.8, 4) is 11.4 Å². The Kier molecular flexibility index (Phi) is 4.98. The smallest absolute Gasteiger partial charge is 0.328 e. The van der Waals surface area contributed by atoms with Crippen molar-refractivity contribution < 1.29 is 0 Å². The molecule has 0 radical (unpaired) electrons. The van der Waals surface area contributed by atoms with E-state index in [0.29, 0.717) is 33.7 Å². The van der Waals surface area contributed by atoms with Crippen LogP contribution in [-0.2, 0) is 13.1 Å². The molecule has 0 saturated heterocycles. The SMILES string of the molecule is O=c1nc2n(Cc3ccc(Cl)c(Cl)c3)cccc-2c(=O)n1Cc1ccccn1. The van der Waals surface area contributed by atoms with Gasteiger partial charge in [0.1, 0.15) is 0 Å². The summed E-state index contributed by atoms with van der Waals surface area (Å²) >= 11 is 12.0. The fraction of sp³-hybridized carbons (Fsp3) is 0.100. The van der Waals surface area contributed by atoms with Crippen LogP contribution in [0, 0.1) is 0 Å². The van der Waals surface area contributed by atoms with E-state index in [1.54, 1.807) is 59.4 Å². The average molecular weight is 413 g/mol. The maximum absolute atomic E-state index is 12.9. The summed E-state index contributed by atoms with van der Waals surface area (Å²) in [6.45, 7) is 0.466. The van der Waals surface area contributed by atoms with Gasteiger partial charge in [-0.1, -0.05) is 35.3 Å². The van der Waals surface area contributed by atoms with Crippen molar-refractivity contribution in [3.63, 3.8) is 0 Å². The van der Waals surface area contributed by atoms with E-state index in [1.807, 2.05) is 6.07 Å². The first-order chi connectivity index (χ1) is 13.5. The molecule has 140 valence electrons. The first-order valence-corrected chi connectivity index (χ1v) is 9.22. The molecule has 0 saturated carbocycles. The second kappa shape index (κ2) is 7.58. The molecule has 0 unspecified atom stereocenters. The van der Waals surface area contributed by atoms with Gasteiger partial charge in [-0.2, -0.15) is 4.98 Å². The largest absolute Gasteiger partial charge is 0.352 e. The van der Waals surface area contributed by atoms with E-state index >= 15 is 0 Å². The minimum atomic E-state index is -0.614. The van der Waals surface area contributed by atoms with E-state index in [2.05, 4.69) is 9.97 Å². The summed E-state index contributed by atoms with van der Waals surface area (Å²) in [5.41, 5.74) is 0.834. The molecule has 0 spiro atoms. The first kappa shape index (κ1) is 18.4. The molecule has 0 aliphatic carbocycles. The van der Waals surface area contributed by atoms with Crippen LogP contribution in [0.25, 0.3) is 11.4 Å². The molecule has 4 rings (SSSR count). The van der Waals surface area contributed by atoms with Crippen LogP contribution < -0.4 is 11.2 Å². The van der Waals surface area contributed by atoms with Crippen molar-refractivity contribution in [3.05, 3.63) is 103 Å². The van der Waals surface area contributed by atoms with Crippen LogP contribution in [0.2, 0.25) is 10.0 Å². The van der Waals surface area contributed by atoms with Crippen molar-refractivity contribution >= 4 is 23.2 Å². The fourth-order valence-corrected chi connectivity index (χ4v) is 3.29. The molecule has 6 nitrogen and oxygen atoms in total. The summed E-state index contributed by atoms with van der Waals surface area (Å²) in [6.07, 6.45) is 3.38. The van der Waals surface area contributed by atoms with E-state index in [4.69, 9.17) is 23.2 Å². The summed E-state index contributed by atoms with van der Waals surface area (Å²) in [7, 11) is 0. The summed E-state index contributed by atoms with van der Waals surface area (Å²) in [6, 6.07) is 14.0. The molecular formula is C20H14Cl2N4O2. The lowest BCUT2D eigenvalue weighted by Crippen LogP contribution is -2.38. The number of benzene rings is 1. The van der Waals surface area contributed by atoms with E-state index in [9.17, 15) is 9.59 Å². The Bertz CT molecular complexity index is 1240. The molecule has 8 heteroatoms. The maximum Gasteiger partial charge on any atom is 0.352 e. The Hall–Kier alpha value is -2.96. The minimum Gasteiger partial charge on any atom is -0.328 e. The molecular weight excluding hydrogens is 399 g/mol. The lowest BCUT2D eigenvalue weighted by atomic mass is 10.2. The average Bonchev–Trinajstić information content (AvgIpc) is 2.69. The van der Waals surface area contributed by atoms with Crippen LogP contribution >= 0.6 is 23.2 Å². The van der Waals surface area contributed by atoms with Crippen molar-refractivity contribution in [2.45, 2.75) is 13.1 Å². The highest BCUT2D eigenvalue weighted by molar-refractivity contribution is 6.42. The van der Waals surface area contributed by atoms with Gasteiger partial charge in [-0.25, -0.2) is 4.79 Å². The molecule has 3 heterocycles. The van der Waals surface area contributed by atoms with Crippen LogP contribution in [0.5, 0.6) is 0 Å². The summed E-state index contributed by atoms with van der Waals surface area (Å²) in [5.74, 6) is 0.320. The predicted octanol–water partition coefficient (Wildman–Crippen LogP) is 3.31. The van der Waals surface area contributed by atoms with E-state index < -0.39 is 11.2 Å². The predicted molar refractivity (Wildman–Crippen MR) is 108 cm³/mol. The molecule has 0 atom stereocenters. The zero-order chi connectivity index (χ0) is 19.7. The van der Waals surface area contributed by atoms with Gasteiger partial charge in [-0.3, -0.25) is 14.3 Å². The van der Waals surface area contributed by atoms with Crippen molar-refractivity contribution in [1.29, 1.82) is 0 Å². The Balaban J connectivity index is 1.77. The fourth-order valence-electron chi connectivity index (χ4n) is 2.97. The van der Waals surface area contributed by atoms with Crippen molar-refractivity contribution in [2.24, 2.45) is 0 Å². The second-order valence-electron chi connectivity index (χ2n) is 6.23. The number of aromatic nitrogens is 4. The minimum absolute atomic E-state index is 0.0726. The van der Waals surface area contributed by atoms with Crippen LogP contribution in [0.4, 0.5) is 0 Å². The highest BCUT2D eigenvalue weighted by Crippen LogP contribution is 2.24. The third-order valence-corrected chi connectivity index (χ3v) is 5.07. The van der Waals surface area contributed by atoms with E-state index in [-0.39, 0.29) is 6.54 Å². The van der Waals surface area contributed by atoms with Gasteiger partial charge in [0.15, 0.2) is 5.82 Å². The van der Waals surface area contributed by atoms with Crippen molar-refractivity contribution in [2.75, 3.05) is 0 Å². The molecule has 28 heavy (non-hydrogen) atoms. The lowest BCUT2D eigenvalue weighted by molar-refractivity contribution is 0.668. The Labute approximate surface area is 170 Å². The Morgan fingerprint density at radius 2 is 1.79 bits per heavy atom. The van der Waals surface area contributed by atoms with Crippen molar-refractivity contribution in [1.82, 2.24) is 19.1 Å². The quantitative estimate of drug-likeness (QED) is 0.515. The zero-order valence-corrected chi connectivity index (χ0v) is 16.1. The number of rotatable bonds is 4. The lowest BCUT2D eigenvalue weighted by Gasteiger charge is -2.15. The molecule has 0 N–H and O–H groups in total. The van der Waals surface area contributed by atoms with Crippen LogP contribution in [0.1, 0.15) is 11.3 Å². The van der Waals surface area contributed by atoms with Crippen LogP contribution in [0.3, 0.4) is 0 Å². The molecule has 0 bridgehead atoms. The molecule has 2 aliphatic rings. The van der Waals surface area contributed by atoms with Gasteiger partial charge in [0.25, 0.3) is 5.56 Å². The number of hydrogen-bond acceptors (Lipinski definition) is 4. The monoisotopic (exact) mass is 412 g/mol. The first-order valence-electron chi connectivity index (χ1n) is 8.47. The summed E-state index contributed by atoms with van der Waals surface area (Å²) < 4.78 is 2.83. The van der Waals surface area contributed by atoms with Gasteiger partial charge in [0.2, 0.25) is 0 Å². The third kappa shape index (κ3) is 3.56. The van der Waals surface area contributed by atoms with Gasteiger partial charge in [-0.05, 0) is 42.0 Å². The highest BCUT2D eigenvalue weighted by atomic mass is 35.5. The van der Waals surface area contributed by atoms with Gasteiger partial charge in [0.05, 0.1) is 27.8 Å². The molecule has 1 aromatic carbocycles. The number of hydrogen-bond donors (Lipinski definition) is 0. The molecule has 2 aliphatic heterocycles. The summed E-state index contributed by atoms with van der Waals surface area (Å²) in [4.78, 5) is 33.8. The van der Waals surface area contributed by atoms with Gasteiger partial charge < -0.3 is 4.57 Å². The molecule has 1 aromatic heterocycles. The van der Waals surface area contributed by atoms with Crippen LogP contribution in [0.15, 0.2) is 70.5 Å². The highest BCUT2D eigenvalue weighted by Gasteiger charge is 2.17. The number of pyridine rings is 2. The van der Waals surface area contributed by atoms with Gasteiger partial charge >= 0.3 is 5.69 Å². The van der Waals surface area contributed by atoms with E-state index in [0.717, 1.165) is 10.1 Å². The molecule has 0 fully saturated rings. The molecule has 2 aromatic rings. The van der Waals surface area contributed by atoms with Crippen LogP contribution in [-0.4, -0.2) is 19.1 Å². The Morgan fingerprint density at radius 3 is 2.54 bits per heavy atom. The summed E-state index contributed by atoms with van der Waals surface area (Å²) in [5, 5.41) is 0.904. The topological polar surface area (TPSA) is 69.8 Å². The normalized spacial score (nSPS) is 11.1. The zero-order valence-electron chi connectivity index (χ0n) is 14.5. The Morgan fingerprint density at radius 1 is 0.929 bits per heavy atom. The molecule has 0 amide bonds.